The number of hydrogen-bond donors (Lipinski definition) is 0. The van der Waals surface area contributed by atoms with Crippen LogP contribution >= 0.6 is 43.2 Å². The average molecular weight is 394 g/mol. The molecule has 2 aromatic rings. The van der Waals surface area contributed by atoms with Crippen molar-refractivity contribution in [2.45, 2.75) is 11.8 Å². The maximum Gasteiger partial charge on any atom is 0.165 e. The zero-order valence-corrected chi connectivity index (χ0v) is 13.8. The van der Waals surface area contributed by atoms with Gasteiger partial charge in [0.05, 0.1) is 15.7 Å². The predicted octanol–water partition coefficient (Wildman–Crippen LogP) is 5.45. The molecule has 1 aromatic carbocycles. The molecule has 1 aromatic heterocycles. The lowest BCUT2D eigenvalue weighted by Crippen LogP contribution is -1.94. The molecule has 0 N–H and O–H groups in total. The molecule has 1 heterocycles. The molecule has 0 saturated carbocycles. The van der Waals surface area contributed by atoms with Gasteiger partial charge in [0.2, 0.25) is 0 Å². The Balaban J connectivity index is 2.36. The molecule has 2 rings (SSSR count). The first-order chi connectivity index (χ1) is 8.52. The van der Waals surface area contributed by atoms with Crippen LogP contribution in [-0.2, 0) is 0 Å². The highest BCUT2D eigenvalue weighted by Crippen LogP contribution is 2.40. The second-order valence-corrected chi connectivity index (χ2v) is 7.18. The Morgan fingerprint density at radius 3 is 2.61 bits per heavy atom. The monoisotopic (exact) mass is 392 g/mol. The van der Waals surface area contributed by atoms with Gasteiger partial charge in [-0.3, -0.25) is 0 Å². The first kappa shape index (κ1) is 14.0. The summed E-state index contributed by atoms with van der Waals surface area (Å²) in [5, 5.41) is 0. The third-order valence-electron chi connectivity index (χ3n) is 2.59. The summed E-state index contributed by atoms with van der Waals surface area (Å²) in [4.78, 5) is 1.22. The highest BCUT2D eigenvalue weighted by atomic mass is 79.9. The highest BCUT2D eigenvalue weighted by Gasteiger charge is 2.16. The Kier molecular flexibility index (Phi) is 4.45. The van der Waals surface area contributed by atoms with E-state index in [1.54, 1.807) is 23.5 Å². The molecule has 0 saturated heterocycles. The number of benzene rings is 1. The van der Waals surface area contributed by atoms with Crippen LogP contribution in [0.5, 0.6) is 5.75 Å². The van der Waals surface area contributed by atoms with Gasteiger partial charge >= 0.3 is 0 Å². The summed E-state index contributed by atoms with van der Waals surface area (Å²) < 4.78 is 19.5. The Bertz CT molecular complexity index is 549. The van der Waals surface area contributed by atoms with Crippen LogP contribution in [0.15, 0.2) is 28.1 Å². The Hall–Kier alpha value is -0.390. The Morgan fingerprint density at radius 2 is 2.06 bits per heavy atom. The third kappa shape index (κ3) is 2.78. The Labute approximate surface area is 126 Å². The second kappa shape index (κ2) is 5.72. The molecule has 18 heavy (non-hydrogen) atoms. The third-order valence-corrected chi connectivity index (χ3v) is 6.12. The van der Waals surface area contributed by atoms with E-state index in [1.165, 1.54) is 23.6 Å². The summed E-state index contributed by atoms with van der Waals surface area (Å²) in [7, 11) is 1.47. The average Bonchev–Trinajstić information content (AvgIpc) is 2.69. The van der Waals surface area contributed by atoms with Crippen LogP contribution in [0.3, 0.4) is 0 Å². The Morgan fingerprint density at radius 1 is 1.33 bits per heavy atom. The molecule has 0 bridgehead atoms. The molecule has 96 valence electrons. The van der Waals surface area contributed by atoms with Crippen molar-refractivity contribution in [2.24, 2.45) is 0 Å². The van der Waals surface area contributed by atoms with E-state index >= 15 is 0 Å². The van der Waals surface area contributed by atoms with E-state index in [9.17, 15) is 4.39 Å². The van der Waals surface area contributed by atoms with Crippen molar-refractivity contribution in [1.29, 1.82) is 0 Å². The lowest BCUT2D eigenvalue weighted by molar-refractivity contribution is 0.386. The van der Waals surface area contributed by atoms with Gasteiger partial charge in [-0.25, -0.2) is 4.39 Å². The number of ether oxygens (including phenoxy) is 1. The lowest BCUT2D eigenvalue weighted by atomic mass is 10.1. The number of halogens is 3. The minimum atomic E-state index is -0.343. The van der Waals surface area contributed by atoms with Crippen molar-refractivity contribution < 1.29 is 9.13 Å². The van der Waals surface area contributed by atoms with Gasteiger partial charge in [-0.2, -0.15) is 0 Å². The van der Waals surface area contributed by atoms with Crippen LogP contribution in [0.2, 0.25) is 0 Å². The number of alkyl halides is 1. The molecule has 5 heteroatoms. The summed E-state index contributed by atoms with van der Waals surface area (Å²) in [5.41, 5.74) is 2.18. The summed E-state index contributed by atoms with van der Waals surface area (Å²) >= 11 is 8.82. The summed E-state index contributed by atoms with van der Waals surface area (Å²) in [6.07, 6.45) is 0. The molecule has 0 fully saturated rings. The standard InChI is InChI=1S/C13H11Br2FOS/c1-7-5-11(18-13(7)15)12(14)8-3-4-9(16)10(6-8)17-2/h3-6,12H,1-2H3. The smallest absolute Gasteiger partial charge is 0.165 e. The predicted molar refractivity (Wildman–Crippen MR) is 80.5 cm³/mol. The van der Waals surface area contributed by atoms with Crippen molar-refractivity contribution >= 4 is 43.2 Å². The minimum absolute atomic E-state index is 0.0435. The van der Waals surface area contributed by atoms with E-state index in [1.807, 2.05) is 0 Å². The molecule has 1 unspecified atom stereocenters. The van der Waals surface area contributed by atoms with Gasteiger partial charge in [0, 0.05) is 4.88 Å². The molecule has 0 aliphatic heterocycles. The van der Waals surface area contributed by atoms with Crippen molar-refractivity contribution in [2.75, 3.05) is 7.11 Å². The zero-order chi connectivity index (χ0) is 13.3. The van der Waals surface area contributed by atoms with Gasteiger partial charge in [-0.1, -0.05) is 22.0 Å². The largest absolute Gasteiger partial charge is 0.494 e. The van der Waals surface area contributed by atoms with Gasteiger partial charge in [0.25, 0.3) is 0 Å². The van der Waals surface area contributed by atoms with Crippen molar-refractivity contribution in [3.8, 4) is 5.75 Å². The van der Waals surface area contributed by atoms with Crippen molar-refractivity contribution in [1.82, 2.24) is 0 Å². The van der Waals surface area contributed by atoms with Gasteiger partial charge in [-0.15, -0.1) is 11.3 Å². The summed E-state index contributed by atoms with van der Waals surface area (Å²) in [6, 6.07) is 7.03. The van der Waals surface area contributed by atoms with Crippen LogP contribution in [0, 0.1) is 12.7 Å². The van der Waals surface area contributed by atoms with E-state index in [-0.39, 0.29) is 16.4 Å². The number of aryl methyl sites for hydroxylation is 1. The molecule has 1 nitrogen and oxygen atoms in total. The first-order valence-electron chi connectivity index (χ1n) is 5.26. The molecule has 0 amide bonds. The highest BCUT2D eigenvalue weighted by molar-refractivity contribution is 9.11. The van der Waals surface area contributed by atoms with Crippen LogP contribution in [-0.4, -0.2) is 7.11 Å². The molecule has 0 aliphatic rings. The van der Waals surface area contributed by atoms with E-state index < -0.39 is 0 Å². The van der Waals surface area contributed by atoms with Crippen LogP contribution in [0.25, 0.3) is 0 Å². The minimum Gasteiger partial charge on any atom is -0.494 e. The molecule has 0 aliphatic carbocycles. The van der Waals surface area contributed by atoms with Crippen molar-refractivity contribution in [3.63, 3.8) is 0 Å². The van der Waals surface area contributed by atoms with Gasteiger partial charge in [0.15, 0.2) is 11.6 Å². The summed E-state index contributed by atoms with van der Waals surface area (Å²) in [5.74, 6) is -0.0752. The van der Waals surface area contributed by atoms with Crippen LogP contribution in [0.4, 0.5) is 4.39 Å². The maximum absolute atomic E-state index is 13.4. The number of thiophene rings is 1. The fourth-order valence-corrected chi connectivity index (χ4v) is 3.88. The molecular formula is C13H11Br2FOS. The van der Waals surface area contributed by atoms with Crippen LogP contribution < -0.4 is 4.74 Å². The van der Waals surface area contributed by atoms with E-state index in [2.05, 4.69) is 44.8 Å². The van der Waals surface area contributed by atoms with Gasteiger partial charge in [-0.05, 0) is 52.2 Å². The lowest BCUT2D eigenvalue weighted by Gasteiger charge is -2.10. The maximum atomic E-state index is 13.4. The van der Waals surface area contributed by atoms with E-state index in [0.717, 1.165) is 9.35 Å². The first-order valence-corrected chi connectivity index (χ1v) is 7.78. The second-order valence-electron chi connectivity index (χ2n) is 3.86. The normalized spacial score (nSPS) is 12.5. The fraction of sp³-hybridized carbons (Fsp3) is 0.231. The molecule has 0 radical (unpaired) electrons. The molecule has 0 spiro atoms. The van der Waals surface area contributed by atoms with E-state index in [0.29, 0.717) is 0 Å². The van der Waals surface area contributed by atoms with Gasteiger partial charge < -0.3 is 4.74 Å². The number of rotatable bonds is 3. The van der Waals surface area contributed by atoms with Crippen LogP contribution in [0.1, 0.15) is 20.8 Å². The van der Waals surface area contributed by atoms with E-state index in [4.69, 9.17) is 4.74 Å². The number of methoxy groups -OCH3 is 1. The zero-order valence-electron chi connectivity index (χ0n) is 9.84. The molecular weight excluding hydrogens is 383 g/mol. The quantitative estimate of drug-likeness (QED) is 0.630. The number of hydrogen-bond acceptors (Lipinski definition) is 2. The fourth-order valence-electron chi connectivity index (χ4n) is 1.61. The topological polar surface area (TPSA) is 9.23 Å². The SMILES string of the molecule is COc1cc(C(Br)c2cc(C)c(Br)s2)ccc1F. The van der Waals surface area contributed by atoms with Crippen molar-refractivity contribution in [3.05, 3.63) is 49.9 Å². The summed E-state index contributed by atoms with van der Waals surface area (Å²) in [6.45, 7) is 2.05. The molecule has 1 atom stereocenters. The van der Waals surface area contributed by atoms with Gasteiger partial charge in [0.1, 0.15) is 0 Å².